The summed E-state index contributed by atoms with van der Waals surface area (Å²) in [5.74, 6) is 2.78. The molecule has 2 heterocycles. The maximum Gasteiger partial charge on any atom is 0.161 e. The van der Waals surface area contributed by atoms with Gasteiger partial charge in [0.25, 0.3) is 0 Å². The quantitative estimate of drug-likeness (QED) is 0.650. The Balaban J connectivity index is 1.67. The first kappa shape index (κ1) is 18.4. The number of ether oxygens (including phenoxy) is 1. The average Bonchev–Trinajstić information content (AvgIpc) is 3.22. The van der Waals surface area contributed by atoms with E-state index in [1.807, 2.05) is 24.3 Å². The van der Waals surface area contributed by atoms with Crippen molar-refractivity contribution in [1.29, 1.82) is 0 Å². The van der Waals surface area contributed by atoms with Crippen LogP contribution >= 0.6 is 0 Å². The van der Waals surface area contributed by atoms with Crippen LogP contribution in [-0.4, -0.2) is 35.2 Å². The molecule has 5 nitrogen and oxygen atoms in total. The summed E-state index contributed by atoms with van der Waals surface area (Å²) in [4.78, 5) is 16.2. The molecule has 1 atom stereocenters. The van der Waals surface area contributed by atoms with E-state index in [0.717, 1.165) is 48.6 Å². The number of aryl methyl sites for hydroxylation is 1. The Morgan fingerprint density at radius 2 is 1.86 bits per heavy atom. The molecule has 0 saturated heterocycles. The predicted molar refractivity (Wildman–Crippen MR) is 112 cm³/mol. The normalized spacial score (nSPS) is 13.8. The molecule has 0 aliphatic heterocycles. The van der Waals surface area contributed by atoms with Crippen LogP contribution in [0.5, 0.6) is 5.75 Å². The van der Waals surface area contributed by atoms with Crippen LogP contribution in [0, 0.1) is 0 Å². The van der Waals surface area contributed by atoms with Crippen molar-refractivity contribution in [2.75, 3.05) is 19.1 Å². The van der Waals surface area contributed by atoms with E-state index in [9.17, 15) is 0 Å². The van der Waals surface area contributed by atoms with E-state index in [-0.39, 0.29) is 6.04 Å². The zero-order valence-electron chi connectivity index (χ0n) is 16.7. The second-order valence-electron chi connectivity index (χ2n) is 7.36. The van der Waals surface area contributed by atoms with Crippen LogP contribution in [0.25, 0.3) is 11.4 Å². The zero-order valence-corrected chi connectivity index (χ0v) is 16.7. The van der Waals surface area contributed by atoms with Gasteiger partial charge in [-0.3, -0.25) is 4.98 Å². The van der Waals surface area contributed by atoms with E-state index < -0.39 is 0 Å². The minimum Gasteiger partial charge on any atom is -0.496 e. The Morgan fingerprint density at radius 3 is 2.64 bits per heavy atom. The van der Waals surface area contributed by atoms with Crippen LogP contribution in [-0.2, 0) is 19.3 Å². The van der Waals surface area contributed by atoms with E-state index >= 15 is 0 Å². The number of aromatic nitrogens is 3. The molecule has 28 heavy (non-hydrogen) atoms. The van der Waals surface area contributed by atoms with Gasteiger partial charge in [-0.25, -0.2) is 9.97 Å². The lowest BCUT2D eigenvalue weighted by Crippen LogP contribution is -2.32. The van der Waals surface area contributed by atoms with Crippen LogP contribution in [0.1, 0.15) is 30.2 Å². The van der Waals surface area contributed by atoms with Crippen molar-refractivity contribution in [2.24, 2.45) is 0 Å². The van der Waals surface area contributed by atoms with E-state index in [1.165, 1.54) is 16.8 Å². The van der Waals surface area contributed by atoms with Crippen molar-refractivity contribution in [2.45, 2.75) is 38.6 Å². The predicted octanol–water partition coefficient (Wildman–Crippen LogP) is 4.10. The second kappa shape index (κ2) is 7.97. The third-order valence-electron chi connectivity index (χ3n) is 5.55. The van der Waals surface area contributed by atoms with Gasteiger partial charge in [0, 0.05) is 42.3 Å². The second-order valence-corrected chi connectivity index (χ2v) is 7.36. The van der Waals surface area contributed by atoms with Gasteiger partial charge in [0.15, 0.2) is 5.82 Å². The summed E-state index contributed by atoms with van der Waals surface area (Å²) in [6, 6.07) is 12.4. The molecule has 0 fully saturated rings. The Morgan fingerprint density at radius 1 is 1.07 bits per heavy atom. The summed E-state index contributed by atoms with van der Waals surface area (Å²) in [5.41, 5.74) is 4.71. The molecule has 0 N–H and O–H groups in total. The summed E-state index contributed by atoms with van der Waals surface area (Å²) in [7, 11) is 3.86. The minimum atomic E-state index is 0.279. The summed E-state index contributed by atoms with van der Waals surface area (Å²) >= 11 is 0. The first-order valence-corrected chi connectivity index (χ1v) is 9.82. The smallest absolute Gasteiger partial charge is 0.161 e. The van der Waals surface area contributed by atoms with Gasteiger partial charge in [0.1, 0.15) is 11.6 Å². The molecule has 5 heteroatoms. The molecule has 3 aromatic rings. The molecule has 144 valence electrons. The van der Waals surface area contributed by atoms with Gasteiger partial charge < -0.3 is 9.64 Å². The topological polar surface area (TPSA) is 51.1 Å². The number of para-hydroxylation sites is 1. The number of rotatable bonds is 6. The Bertz CT molecular complexity index is 958. The fourth-order valence-electron chi connectivity index (χ4n) is 3.87. The van der Waals surface area contributed by atoms with Gasteiger partial charge in [0.05, 0.1) is 7.11 Å². The highest BCUT2D eigenvalue weighted by Gasteiger charge is 2.24. The average molecular weight is 374 g/mol. The summed E-state index contributed by atoms with van der Waals surface area (Å²) < 4.78 is 5.53. The monoisotopic (exact) mass is 374 g/mol. The van der Waals surface area contributed by atoms with Gasteiger partial charge in [-0.2, -0.15) is 0 Å². The van der Waals surface area contributed by atoms with Crippen molar-refractivity contribution in [3.8, 4) is 17.1 Å². The van der Waals surface area contributed by atoms with Gasteiger partial charge in [-0.15, -0.1) is 0 Å². The maximum atomic E-state index is 5.53. The minimum absolute atomic E-state index is 0.279. The zero-order chi connectivity index (χ0) is 19.5. The number of anilines is 1. The van der Waals surface area contributed by atoms with Crippen molar-refractivity contribution in [3.05, 3.63) is 65.6 Å². The first-order chi connectivity index (χ1) is 13.7. The molecule has 0 radical (unpaired) electrons. The number of hydrogen-bond donors (Lipinski definition) is 0. The number of pyridine rings is 1. The number of nitrogens with zero attached hydrogens (tertiary/aromatic N) is 4. The lowest BCUT2D eigenvalue weighted by atomic mass is 10.0. The standard InChI is InChI=1S/C23H26N4O/c1-16(15-18-7-4-5-10-21(18)28-3)27(2)23-19-8-6-9-20(19)25-22(26-23)17-11-13-24-14-12-17/h4-5,7,10-14,16H,6,8-9,15H2,1-3H3. The van der Waals surface area contributed by atoms with Crippen LogP contribution in [0.2, 0.25) is 0 Å². The molecular formula is C23H26N4O. The van der Waals surface area contributed by atoms with Crippen LogP contribution in [0.15, 0.2) is 48.8 Å². The first-order valence-electron chi connectivity index (χ1n) is 9.82. The molecule has 1 aromatic carbocycles. The number of methoxy groups -OCH3 is 1. The van der Waals surface area contributed by atoms with Gasteiger partial charge in [-0.05, 0) is 56.4 Å². The summed E-state index contributed by atoms with van der Waals surface area (Å²) in [6.07, 6.45) is 7.69. The SMILES string of the molecule is COc1ccccc1CC(C)N(C)c1nc(-c2ccncc2)nc2c1CCC2. The van der Waals surface area contributed by atoms with Crippen molar-refractivity contribution in [1.82, 2.24) is 15.0 Å². The molecule has 0 saturated carbocycles. The largest absolute Gasteiger partial charge is 0.496 e. The third-order valence-corrected chi connectivity index (χ3v) is 5.55. The molecule has 1 aliphatic carbocycles. The highest BCUT2D eigenvalue weighted by atomic mass is 16.5. The Labute approximate surface area is 166 Å². The number of fused-ring (bicyclic) bond motifs is 1. The highest BCUT2D eigenvalue weighted by molar-refractivity contribution is 5.61. The number of likely N-dealkylation sites (N-methyl/N-ethyl adjacent to an activating group) is 1. The van der Waals surface area contributed by atoms with Gasteiger partial charge in [-0.1, -0.05) is 18.2 Å². The molecule has 0 amide bonds. The van der Waals surface area contributed by atoms with Crippen molar-refractivity contribution in [3.63, 3.8) is 0 Å². The van der Waals surface area contributed by atoms with E-state index in [0.29, 0.717) is 0 Å². The lowest BCUT2D eigenvalue weighted by molar-refractivity contribution is 0.408. The fourth-order valence-corrected chi connectivity index (χ4v) is 3.87. The van der Waals surface area contributed by atoms with Gasteiger partial charge >= 0.3 is 0 Å². The summed E-state index contributed by atoms with van der Waals surface area (Å²) in [5, 5.41) is 0. The van der Waals surface area contributed by atoms with E-state index in [4.69, 9.17) is 14.7 Å². The molecule has 2 aromatic heterocycles. The van der Waals surface area contributed by atoms with E-state index in [2.05, 4.69) is 36.0 Å². The Kier molecular flexibility index (Phi) is 5.24. The molecule has 1 unspecified atom stereocenters. The fraction of sp³-hybridized carbons (Fsp3) is 0.348. The van der Waals surface area contributed by atoms with Crippen LogP contribution in [0.4, 0.5) is 5.82 Å². The van der Waals surface area contributed by atoms with Crippen molar-refractivity contribution < 1.29 is 4.74 Å². The molecular weight excluding hydrogens is 348 g/mol. The third kappa shape index (κ3) is 3.57. The van der Waals surface area contributed by atoms with Gasteiger partial charge in [0.2, 0.25) is 0 Å². The van der Waals surface area contributed by atoms with Crippen LogP contribution < -0.4 is 9.64 Å². The highest BCUT2D eigenvalue weighted by Crippen LogP contribution is 2.32. The van der Waals surface area contributed by atoms with Crippen molar-refractivity contribution >= 4 is 5.82 Å². The molecule has 1 aliphatic rings. The summed E-state index contributed by atoms with van der Waals surface area (Å²) in [6.45, 7) is 2.24. The van der Waals surface area contributed by atoms with Crippen LogP contribution in [0.3, 0.4) is 0 Å². The Hall–Kier alpha value is -2.95. The maximum absolute atomic E-state index is 5.53. The lowest BCUT2D eigenvalue weighted by Gasteiger charge is -2.28. The molecule has 4 rings (SSSR count). The number of benzene rings is 1. The van der Waals surface area contributed by atoms with E-state index in [1.54, 1.807) is 19.5 Å². The molecule has 0 spiro atoms. The molecule has 0 bridgehead atoms. The number of hydrogen-bond acceptors (Lipinski definition) is 5.